The van der Waals surface area contributed by atoms with Crippen molar-refractivity contribution in [2.75, 3.05) is 5.32 Å². The van der Waals surface area contributed by atoms with E-state index in [9.17, 15) is 0 Å². The lowest BCUT2D eigenvalue weighted by atomic mass is 9.91. The molecule has 0 fully saturated rings. The summed E-state index contributed by atoms with van der Waals surface area (Å²) in [5.74, 6) is 0. The molecule has 1 aromatic carbocycles. The molecule has 1 aliphatic rings. The minimum absolute atomic E-state index is 0.0743. The average molecular weight is 187 g/mol. The Balaban J connectivity index is 2.56. The molecule has 1 heteroatoms. The maximum atomic E-state index is 3.53. The van der Waals surface area contributed by atoms with E-state index in [0.717, 1.165) is 0 Å². The highest BCUT2D eigenvalue weighted by molar-refractivity contribution is 5.80. The molecule has 1 aromatic rings. The monoisotopic (exact) mass is 187 g/mol. The maximum absolute atomic E-state index is 3.53. The van der Waals surface area contributed by atoms with Crippen LogP contribution in [0.2, 0.25) is 0 Å². The molecular weight excluding hydrogens is 170 g/mol. The molecule has 0 aromatic heterocycles. The highest BCUT2D eigenvalue weighted by atomic mass is 15.0. The SMILES string of the molecule is CC1=CC(C)(C)Nc2cc(C)ccc21. The molecule has 0 spiro atoms. The molecule has 1 aliphatic heterocycles. The molecule has 0 saturated heterocycles. The fourth-order valence-corrected chi connectivity index (χ4v) is 2.11. The minimum Gasteiger partial charge on any atom is -0.376 e. The van der Waals surface area contributed by atoms with Gasteiger partial charge in [0.25, 0.3) is 0 Å². The Hall–Kier alpha value is -1.24. The van der Waals surface area contributed by atoms with Gasteiger partial charge in [-0.15, -0.1) is 0 Å². The number of benzene rings is 1. The summed E-state index contributed by atoms with van der Waals surface area (Å²) in [6.45, 7) is 8.70. The van der Waals surface area contributed by atoms with Crippen LogP contribution in [0.25, 0.3) is 5.57 Å². The zero-order chi connectivity index (χ0) is 10.3. The number of fused-ring (bicyclic) bond motifs is 1. The lowest BCUT2D eigenvalue weighted by Gasteiger charge is -2.31. The van der Waals surface area contributed by atoms with Gasteiger partial charge in [-0.05, 0) is 44.9 Å². The van der Waals surface area contributed by atoms with Crippen molar-refractivity contribution < 1.29 is 0 Å². The summed E-state index contributed by atoms with van der Waals surface area (Å²) in [6.07, 6.45) is 2.28. The molecule has 14 heavy (non-hydrogen) atoms. The standard InChI is InChI=1S/C13H17N/c1-9-5-6-11-10(2)8-13(3,4)14-12(11)7-9/h5-8,14H,1-4H3. The Bertz CT molecular complexity index is 400. The van der Waals surface area contributed by atoms with Gasteiger partial charge in [0.1, 0.15) is 0 Å². The third-order valence-corrected chi connectivity index (χ3v) is 2.63. The second-order valence-electron chi connectivity index (χ2n) is 4.72. The molecule has 0 aliphatic carbocycles. The topological polar surface area (TPSA) is 12.0 Å². The molecule has 0 unspecified atom stereocenters. The van der Waals surface area contributed by atoms with Gasteiger partial charge in [0, 0.05) is 11.3 Å². The van der Waals surface area contributed by atoms with Crippen molar-refractivity contribution >= 4 is 11.3 Å². The normalized spacial score (nSPS) is 18.1. The number of anilines is 1. The number of aryl methyl sites for hydroxylation is 1. The third-order valence-electron chi connectivity index (χ3n) is 2.63. The van der Waals surface area contributed by atoms with Gasteiger partial charge in [0.2, 0.25) is 0 Å². The minimum atomic E-state index is 0.0743. The van der Waals surface area contributed by atoms with Crippen LogP contribution in [-0.2, 0) is 0 Å². The predicted octanol–water partition coefficient (Wildman–Crippen LogP) is 3.60. The Morgan fingerprint density at radius 3 is 2.57 bits per heavy atom. The molecule has 1 N–H and O–H groups in total. The molecule has 0 atom stereocenters. The lowest BCUT2D eigenvalue weighted by Crippen LogP contribution is -2.31. The summed E-state index contributed by atoms with van der Waals surface area (Å²) in [5, 5.41) is 3.53. The van der Waals surface area contributed by atoms with E-state index >= 15 is 0 Å². The smallest absolute Gasteiger partial charge is 0.0505 e. The molecule has 1 heterocycles. The first-order valence-corrected chi connectivity index (χ1v) is 5.07. The summed E-state index contributed by atoms with van der Waals surface area (Å²) in [5.41, 5.74) is 5.33. The molecule has 0 bridgehead atoms. The van der Waals surface area contributed by atoms with E-state index in [1.165, 1.54) is 22.4 Å². The summed E-state index contributed by atoms with van der Waals surface area (Å²) in [7, 11) is 0. The Kier molecular flexibility index (Phi) is 1.91. The first kappa shape index (κ1) is 9.32. The van der Waals surface area contributed by atoms with Gasteiger partial charge in [-0.25, -0.2) is 0 Å². The number of rotatable bonds is 0. The van der Waals surface area contributed by atoms with Crippen LogP contribution in [0.15, 0.2) is 24.3 Å². The van der Waals surface area contributed by atoms with E-state index in [1.54, 1.807) is 0 Å². The molecule has 0 radical (unpaired) electrons. The first-order chi connectivity index (χ1) is 6.48. The van der Waals surface area contributed by atoms with Crippen molar-refractivity contribution in [3.63, 3.8) is 0 Å². The second-order valence-corrected chi connectivity index (χ2v) is 4.72. The lowest BCUT2D eigenvalue weighted by molar-refractivity contribution is 0.707. The highest BCUT2D eigenvalue weighted by Gasteiger charge is 2.21. The zero-order valence-electron chi connectivity index (χ0n) is 9.31. The van der Waals surface area contributed by atoms with E-state index in [0.29, 0.717) is 0 Å². The number of nitrogens with one attached hydrogen (secondary N) is 1. The van der Waals surface area contributed by atoms with Gasteiger partial charge < -0.3 is 5.32 Å². The van der Waals surface area contributed by atoms with Crippen LogP contribution in [0.4, 0.5) is 5.69 Å². The van der Waals surface area contributed by atoms with Crippen LogP contribution in [0.1, 0.15) is 31.9 Å². The molecule has 74 valence electrons. The number of hydrogen-bond donors (Lipinski definition) is 1. The van der Waals surface area contributed by atoms with Gasteiger partial charge in [-0.3, -0.25) is 0 Å². The van der Waals surface area contributed by atoms with Gasteiger partial charge in [-0.1, -0.05) is 18.2 Å². The zero-order valence-corrected chi connectivity index (χ0v) is 9.31. The highest BCUT2D eigenvalue weighted by Crippen LogP contribution is 2.33. The van der Waals surface area contributed by atoms with E-state index in [-0.39, 0.29) is 5.54 Å². The molecular formula is C13H17N. The quantitative estimate of drug-likeness (QED) is 0.654. The Morgan fingerprint density at radius 1 is 1.14 bits per heavy atom. The predicted molar refractivity (Wildman–Crippen MR) is 62.5 cm³/mol. The van der Waals surface area contributed by atoms with Crippen molar-refractivity contribution in [1.82, 2.24) is 0 Å². The largest absolute Gasteiger partial charge is 0.376 e. The summed E-state index contributed by atoms with van der Waals surface area (Å²) in [4.78, 5) is 0. The maximum Gasteiger partial charge on any atom is 0.0505 e. The van der Waals surface area contributed by atoms with Gasteiger partial charge in [0.05, 0.1) is 5.54 Å². The molecule has 1 nitrogen and oxygen atoms in total. The van der Waals surface area contributed by atoms with Crippen LogP contribution in [0.3, 0.4) is 0 Å². The van der Waals surface area contributed by atoms with Crippen molar-refractivity contribution in [1.29, 1.82) is 0 Å². The number of hydrogen-bond acceptors (Lipinski definition) is 1. The summed E-state index contributed by atoms with van der Waals surface area (Å²) in [6, 6.07) is 6.57. The molecule has 0 saturated carbocycles. The van der Waals surface area contributed by atoms with Crippen LogP contribution in [0, 0.1) is 6.92 Å². The second kappa shape index (κ2) is 2.88. The fourth-order valence-electron chi connectivity index (χ4n) is 2.11. The Labute approximate surface area is 85.8 Å². The van der Waals surface area contributed by atoms with Crippen LogP contribution in [-0.4, -0.2) is 5.54 Å². The van der Waals surface area contributed by atoms with Crippen molar-refractivity contribution in [3.8, 4) is 0 Å². The van der Waals surface area contributed by atoms with Gasteiger partial charge in [-0.2, -0.15) is 0 Å². The van der Waals surface area contributed by atoms with Gasteiger partial charge in [0.15, 0.2) is 0 Å². The van der Waals surface area contributed by atoms with E-state index in [4.69, 9.17) is 0 Å². The summed E-state index contributed by atoms with van der Waals surface area (Å²) < 4.78 is 0. The molecule has 2 rings (SSSR count). The van der Waals surface area contributed by atoms with E-state index in [1.807, 2.05) is 0 Å². The van der Waals surface area contributed by atoms with Crippen LogP contribution < -0.4 is 5.32 Å². The van der Waals surface area contributed by atoms with E-state index < -0.39 is 0 Å². The van der Waals surface area contributed by atoms with E-state index in [2.05, 4.69) is 57.3 Å². The first-order valence-electron chi connectivity index (χ1n) is 5.07. The van der Waals surface area contributed by atoms with Crippen LogP contribution in [0.5, 0.6) is 0 Å². The summed E-state index contributed by atoms with van der Waals surface area (Å²) >= 11 is 0. The van der Waals surface area contributed by atoms with Crippen molar-refractivity contribution in [3.05, 3.63) is 35.4 Å². The average Bonchev–Trinajstić information content (AvgIpc) is 2.00. The third kappa shape index (κ3) is 1.54. The molecule has 0 amide bonds. The van der Waals surface area contributed by atoms with Gasteiger partial charge >= 0.3 is 0 Å². The van der Waals surface area contributed by atoms with Crippen LogP contribution >= 0.6 is 0 Å². The van der Waals surface area contributed by atoms with Crippen molar-refractivity contribution in [2.45, 2.75) is 33.2 Å². The van der Waals surface area contributed by atoms with Crippen molar-refractivity contribution in [2.24, 2.45) is 0 Å². The fraction of sp³-hybridized carbons (Fsp3) is 0.385. The Morgan fingerprint density at radius 2 is 1.86 bits per heavy atom. The number of allylic oxidation sites excluding steroid dienone is 1.